The van der Waals surface area contributed by atoms with Gasteiger partial charge in [-0.05, 0) is 22.4 Å². The van der Waals surface area contributed by atoms with Gasteiger partial charge in [0.2, 0.25) is 16.7 Å². The number of fused-ring (bicyclic) bond motifs is 3. The molecule has 4 heteroatoms. The van der Waals surface area contributed by atoms with Gasteiger partial charge in [-0.3, -0.25) is 0 Å². The standard InChI is InChI=1S/C33H29N2O2/c1-34(2)24-20-28-33(30(21-24)37-4)31(26-17-10-13-22-12-8-9-16-25(22)26)32-27(18-11-19-29(32)36-3)35(28)23-14-6-5-7-15-23/h5-21H,1-4H3/q+1. The summed E-state index contributed by atoms with van der Waals surface area (Å²) >= 11 is 0. The Morgan fingerprint density at radius 3 is 2.05 bits per heavy atom. The minimum absolute atomic E-state index is 0.821. The summed E-state index contributed by atoms with van der Waals surface area (Å²) in [5.41, 5.74) is 6.53. The fourth-order valence-electron chi connectivity index (χ4n) is 5.38. The number of hydrogen-bond acceptors (Lipinski definition) is 3. The fourth-order valence-corrected chi connectivity index (χ4v) is 5.38. The summed E-state index contributed by atoms with van der Waals surface area (Å²) in [6, 6.07) is 36.2. The van der Waals surface area contributed by atoms with Gasteiger partial charge in [-0.25, -0.2) is 0 Å². The highest BCUT2D eigenvalue weighted by Crippen LogP contribution is 2.46. The van der Waals surface area contributed by atoms with E-state index in [4.69, 9.17) is 9.47 Å². The van der Waals surface area contributed by atoms with Gasteiger partial charge in [0.05, 0.1) is 25.0 Å². The number of nitrogens with zero attached hydrogens (tertiary/aromatic N) is 2. The molecule has 182 valence electrons. The van der Waals surface area contributed by atoms with Gasteiger partial charge in [0.15, 0.2) is 0 Å². The molecule has 4 nitrogen and oxygen atoms in total. The first kappa shape index (κ1) is 22.9. The van der Waals surface area contributed by atoms with Gasteiger partial charge in [0, 0.05) is 55.7 Å². The highest BCUT2D eigenvalue weighted by Gasteiger charge is 2.29. The molecule has 0 atom stereocenters. The molecule has 37 heavy (non-hydrogen) atoms. The van der Waals surface area contributed by atoms with Crippen LogP contribution in [0.15, 0.2) is 103 Å². The number of ether oxygens (including phenoxy) is 2. The van der Waals surface area contributed by atoms with Crippen LogP contribution in [0.3, 0.4) is 0 Å². The van der Waals surface area contributed by atoms with Crippen LogP contribution < -0.4 is 18.9 Å². The molecule has 5 aromatic carbocycles. The van der Waals surface area contributed by atoms with Crippen molar-refractivity contribution in [3.05, 3.63) is 103 Å². The van der Waals surface area contributed by atoms with Crippen molar-refractivity contribution in [2.24, 2.45) is 0 Å². The summed E-state index contributed by atoms with van der Waals surface area (Å²) in [5.74, 6) is 1.65. The smallest absolute Gasteiger partial charge is 0.225 e. The van der Waals surface area contributed by atoms with Crippen molar-refractivity contribution in [1.82, 2.24) is 0 Å². The lowest BCUT2D eigenvalue weighted by Crippen LogP contribution is -2.33. The molecular weight excluding hydrogens is 456 g/mol. The maximum atomic E-state index is 6.13. The SMILES string of the molecule is COc1cccc2c1c(-c1cccc3ccccc13)c1c(OC)cc(N(C)C)cc1[n+]2-c1ccccc1. The van der Waals surface area contributed by atoms with E-state index in [-0.39, 0.29) is 0 Å². The molecule has 0 aliphatic heterocycles. The number of aromatic nitrogens is 1. The van der Waals surface area contributed by atoms with Gasteiger partial charge in [-0.2, -0.15) is 4.57 Å². The first-order valence-electron chi connectivity index (χ1n) is 12.4. The number of para-hydroxylation sites is 1. The molecule has 1 heterocycles. The summed E-state index contributed by atoms with van der Waals surface area (Å²) in [7, 11) is 7.61. The Bertz CT molecular complexity index is 1770. The average Bonchev–Trinajstić information content (AvgIpc) is 2.95. The Hall–Kier alpha value is -4.57. The van der Waals surface area contributed by atoms with Crippen LogP contribution in [0.1, 0.15) is 0 Å². The molecule has 0 N–H and O–H groups in total. The lowest BCUT2D eigenvalue weighted by molar-refractivity contribution is -0.537. The average molecular weight is 486 g/mol. The lowest BCUT2D eigenvalue weighted by atomic mass is 9.90. The van der Waals surface area contributed by atoms with Crippen LogP contribution in [0.4, 0.5) is 5.69 Å². The molecule has 6 rings (SSSR count). The number of anilines is 1. The summed E-state index contributed by atoms with van der Waals surface area (Å²) in [6.07, 6.45) is 0. The Morgan fingerprint density at radius 2 is 1.30 bits per heavy atom. The molecule has 0 bridgehead atoms. The van der Waals surface area contributed by atoms with Crippen LogP contribution in [-0.4, -0.2) is 28.3 Å². The summed E-state index contributed by atoms with van der Waals surface area (Å²) in [5, 5.41) is 4.48. The van der Waals surface area contributed by atoms with Crippen LogP contribution >= 0.6 is 0 Å². The van der Waals surface area contributed by atoms with E-state index in [9.17, 15) is 0 Å². The first-order chi connectivity index (χ1) is 18.1. The largest absolute Gasteiger partial charge is 0.496 e. The second kappa shape index (κ2) is 9.14. The first-order valence-corrected chi connectivity index (χ1v) is 12.4. The molecule has 0 aliphatic carbocycles. The van der Waals surface area contributed by atoms with E-state index in [2.05, 4.69) is 115 Å². The van der Waals surface area contributed by atoms with E-state index in [0.29, 0.717) is 0 Å². The van der Waals surface area contributed by atoms with Gasteiger partial charge >= 0.3 is 0 Å². The van der Waals surface area contributed by atoms with Crippen molar-refractivity contribution in [2.45, 2.75) is 0 Å². The number of methoxy groups -OCH3 is 2. The van der Waals surface area contributed by atoms with E-state index < -0.39 is 0 Å². The topological polar surface area (TPSA) is 25.6 Å². The maximum absolute atomic E-state index is 6.13. The van der Waals surface area contributed by atoms with Crippen LogP contribution in [0.5, 0.6) is 11.5 Å². The molecular formula is C33H29N2O2+. The third-order valence-electron chi connectivity index (χ3n) is 7.08. The zero-order valence-corrected chi connectivity index (χ0v) is 21.5. The van der Waals surface area contributed by atoms with Gasteiger partial charge in [0.25, 0.3) is 0 Å². The van der Waals surface area contributed by atoms with E-state index in [1.165, 1.54) is 10.8 Å². The number of hydrogen-bond donors (Lipinski definition) is 0. The molecule has 0 radical (unpaired) electrons. The zero-order chi connectivity index (χ0) is 25.5. The molecule has 0 aliphatic rings. The Balaban J connectivity index is 1.94. The van der Waals surface area contributed by atoms with Gasteiger partial charge < -0.3 is 14.4 Å². The predicted molar refractivity (Wildman–Crippen MR) is 153 cm³/mol. The lowest BCUT2D eigenvalue weighted by Gasteiger charge is -2.20. The van der Waals surface area contributed by atoms with Crippen LogP contribution in [0.25, 0.3) is 49.4 Å². The third kappa shape index (κ3) is 3.64. The highest BCUT2D eigenvalue weighted by molar-refractivity contribution is 6.17. The van der Waals surface area contributed by atoms with E-state index in [0.717, 1.165) is 55.8 Å². The van der Waals surface area contributed by atoms with Crippen LogP contribution in [-0.2, 0) is 0 Å². The highest BCUT2D eigenvalue weighted by atomic mass is 16.5. The molecule has 0 saturated heterocycles. The minimum Gasteiger partial charge on any atom is -0.496 e. The zero-order valence-electron chi connectivity index (χ0n) is 21.5. The Morgan fingerprint density at radius 1 is 0.622 bits per heavy atom. The van der Waals surface area contributed by atoms with E-state index >= 15 is 0 Å². The number of pyridine rings is 1. The van der Waals surface area contributed by atoms with Crippen molar-refractivity contribution in [2.75, 3.05) is 33.2 Å². The second-order valence-corrected chi connectivity index (χ2v) is 9.36. The van der Waals surface area contributed by atoms with Crippen molar-refractivity contribution in [1.29, 1.82) is 0 Å². The molecule has 0 amide bonds. The molecule has 0 spiro atoms. The van der Waals surface area contributed by atoms with Crippen LogP contribution in [0.2, 0.25) is 0 Å². The van der Waals surface area contributed by atoms with Crippen molar-refractivity contribution in [3.8, 4) is 28.3 Å². The molecule has 1 aromatic heterocycles. The quantitative estimate of drug-likeness (QED) is 0.191. The van der Waals surface area contributed by atoms with Crippen molar-refractivity contribution < 1.29 is 14.0 Å². The third-order valence-corrected chi connectivity index (χ3v) is 7.08. The van der Waals surface area contributed by atoms with Gasteiger partial charge in [0.1, 0.15) is 11.5 Å². The second-order valence-electron chi connectivity index (χ2n) is 9.36. The summed E-state index contributed by atoms with van der Waals surface area (Å²) < 4.78 is 14.5. The normalized spacial score (nSPS) is 11.2. The summed E-state index contributed by atoms with van der Waals surface area (Å²) in [6.45, 7) is 0. The van der Waals surface area contributed by atoms with E-state index in [1.807, 2.05) is 12.1 Å². The molecule has 0 saturated carbocycles. The van der Waals surface area contributed by atoms with Gasteiger partial charge in [-0.15, -0.1) is 0 Å². The number of rotatable bonds is 5. The van der Waals surface area contributed by atoms with Crippen molar-refractivity contribution >= 4 is 38.3 Å². The fraction of sp³-hybridized carbons (Fsp3) is 0.121. The Kier molecular flexibility index (Phi) is 5.65. The van der Waals surface area contributed by atoms with E-state index in [1.54, 1.807) is 14.2 Å². The maximum Gasteiger partial charge on any atom is 0.225 e. The summed E-state index contributed by atoms with van der Waals surface area (Å²) in [4.78, 5) is 2.12. The van der Waals surface area contributed by atoms with Crippen LogP contribution in [0, 0.1) is 0 Å². The molecule has 6 aromatic rings. The monoisotopic (exact) mass is 485 g/mol. The molecule has 0 fully saturated rings. The van der Waals surface area contributed by atoms with Gasteiger partial charge in [-0.1, -0.05) is 66.7 Å². The number of benzene rings is 5. The molecule has 0 unspecified atom stereocenters. The predicted octanol–water partition coefficient (Wildman–Crippen LogP) is 7.17. The minimum atomic E-state index is 0.821. The van der Waals surface area contributed by atoms with Crippen molar-refractivity contribution in [3.63, 3.8) is 0 Å². The Labute approximate surface area is 216 Å².